The smallest absolute Gasteiger partial charge is 0.337 e. The first kappa shape index (κ1) is 20.3. The van der Waals surface area contributed by atoms with Crippen LogP contribution in [-0.4, -0.2) is 24.7 Å². The first-order valence-electron chi connectivity index (χ1n) is 9.47. The summed E-state index contributed by atoms with van der Waals surface area (Å²) in [7, 11) is 0. The highest BCUT2D eigenvalue weighted by atomic mass is 32.1. The molecule has 0 bridgehead atoms. The first-order valence-corrected chi connectivity index (χ1v) is 10.3. The fraction of sp³-hybridized carbons (Fsp3) is 0.190. The molecular formula is C21H14F3N5O2S. The lowest BCUT2D eigenvalue weighted by atomic mass is 10.1. The molecule has 0 saturated carbocycles. The number of fused-ring (bicyclic) bond motifs is 3. The minimum absolute atomic E-state index is 0.00495. The Hall–Kier alpha value is -3.60. The number of pyridine rings is 1. The SMILES string of the molecule is Cc1cc(C)c2c(n1)sc1c(=O)n(Cc3nc(-c4cccc(C(F)(F)F)c4)no3)cnc12. The van der Waals surface area contributed by atoms with Crippen molar-refractivity contribution in [3.63, 3.8) is 0 Å². The van der Waals surface area contributed by atoms with E-state index in [0.717, 1.165) is 33.6 Å². The molecule has 162 valence electrons. The molecule has 0 atom stereocenters. The van der Waals surface area contributed by atoms with E-state index in [1.54, 1.807) is 0 Å². The van der Waals surface area contributed by atoms with Crippen LogP contribution in [0.5, 0.6) is 0 Å². The van der Waals surface area contributed by atoms with Gasteiger partial charge in [0.15, 0.2) is 0 Å². The Kier molecular flexibility index (Phi) is 4.59. The Balaban J connectivity index is 1.50. The van der Waals surface area contributed by atoms with Gasteiger partial charge >= 0.3 is 6.18 Å². The summed E-state index contributed by atoms with van der Waals surface area (Å²) in [5.74, 6) is 0.0808. The molecule has 0 fully saturated rings. The number of hydrogen-bond acceptors (Lipinski definition) is 7. The van der Waals surface area contributed by atoms with Crippen LogP contribution in [0.1, 0.15) is 22.7 Å². The normalized spacial score (nSPS) is 12.2. The first-order chi connectivity index (χ1) is 15.2. The van der Waals surface area contributed by atoms with E-state index in [4.69, 9.17) is 4.52 Å². The molecule has 7 nitrogen and oxygen atoms in total. The summed E-state index contributed by atoms with van der Waals surface area (Å²) in [5, 5.41) is 4.61. The molecule has 0 aliphatic heterocycles. The molecular weight excluding hydrogens is 443 g/mol. The van der Waals surface area contributed by atoms with Gasteiger partial charge in [0.25, 0.3) is 5.56 Å². The van der Waals surface area contributed by atoms with Crippen molar-refractivity contribution in [3.8, 4) is 11.4 Å². The lowest BCUT2D eigenvalue weighted by molar-refractivity contribution is -0.137. The van der Waals surface area contributed by atoms with Crippen LogP contribution in [0.15, 0.2) is 46.0 Å². The van der Waals surface area contributed by atoms with Crippen LogP contribution >= 0.6 is 11.3 Å². The Morgan fingerprint density at radius 2 is 1.97 bits per heavy atom. The van der Waals surface area contributed by atoms with Crippen molar-refractivity contribution in [2.45, 2.75) is 26.6 Å². The number of thiophene rings is 1. The van der Waals surface area contributed by atoms with Crippen molar-refractivity contribution < 1.29 is 17.7 Å². The van der Waals surface area contributed by atoms with E-state index in [9.17, 15) is 18.0 Å². The second kappa shape index (κ2) is 7.23. The monoisotopic (exact) mass is 457 g/mol. The van der Waals surface area contributed by atoms with E-state index in [-0.39, 0.29) is 29.4 Å². The van der Waals surface area contributed by atoms with Gasteiger partial charge in [0.05, 0.1) is 17.4 Å². The van der Waals surface area contributed by atoms with Crippen LogP contribution in [0.4, 0.5) is 13.2 Å². The number of aryl methyl sites for hydroxylation is 2. The van der Waals surface area contributed by atoms with E-state index in [1.807, 2.05) is 19.9 Å². The average molecular weight is 457 g/mol. The number of benzene rings is 1. The zero-order valence-corrected chi connectivity index (χ0v) is 17.6. The van der Waals surface area contributed by atoms with Crippen LogP contribution in [-0.2, 0) is 12.7 Å². The predicted octanol–water partition coefficient (Wildman–Crippen LogP) is 4.74. The minimum atomic E-state index is -4.48. The van der Waals surface area contributed by atoms with Gasteiger partial charge in [0, 0.05) is 16.6 Å². The summed E-state index contributed by atoms with van der Waals surface area (Å²) < 4.78 is 45.8. The third-order valence-corrected chi connectivity index (χ3v) is 6.03. The van der Waals surface area contributed by atoms with Gasteiger partial charge in [0.1, 0.15) is 16.1 Å². The van der Waals surface area contributed by atoms with Crippen molar-refractivity contribution in [1.82, 2.24) is 24.7 Å². The number of rotatable bonds is 3. The van der Waals surface area contributed by atoms with Crippen molar-refractivity contribution in [2.75, 3.05) is 0 Å². The summed E-state index contributed by atoms with van der Waals surface area (Å²) in [5.41, 5.74) is 1.51. The second-order valence-corrected chi connectivity index (χ2v) is 8.31. The minimum Gasteiger partial charge on any atom is -0.337 e. The fourth-order valence-electron chi connectivity index (χ4n) is 3.53. The molecule has 5 aromatic rings. The zero-order valence-electron chi connectivity index (χ0n) is 16.8. The maximum atomic E-state index is 13.0. The summed E-state index contributed by atoms with van der Waals surface area (Å²) in [6.45, 7) is 3.78. The van der Waals surface area contributed by atoms with Crippen LogP contribution < -0.4 is 5.56 Å². The number of aromatic nitrogens is 5. The lowest BCUT2D eigenvalue weighted by Crippen LogP contribution is -2.20. The van der Waals surface area contributed by atoms with Crippen LogP contribution in [0, 0.1) is 13.8 Å². The Labute approximate surface area is 182 Å². The lowest BCUT2D eigenvalue weighted by Gasteiger charge is -2.06. The van der Waals surface area contributed by atoms with Crippen LogP contribution in [0.25, 0.3) is 31.8 Å². The fourth-order valence-corrected chi connectivity index (χ4v) is 4.73. The molecule has 0 spiro atoms. The second-order valence-electron chi connectivity index (χ2n) is 7.31. The average Bonchev–Trinajstić information content (AvgIpc) is 3.34. The molecule has 32 heavy (non-hydrogen) atoms. The molecule has 0 unspecified atom stereocenters. The standard InChI is InChI=1S/C21H14F3N5O2S/c1-10-6-11(2)26-19-15(10)16-17(32-19)20(30)29(9-25-16)8-14-27-18(28-31-14)12-4-3-5-13(7-12)21(22,23)24/h3-7,9H,8H2,1-2H3. The van der Waals surface area contributed by atoms with Crippen LogP contribution in [0.3, 0.4) is 0 Å². The van der Waals surface area contributed by atoms with Crippen molar-refractivity contribution >= 4 is 31.8 Å². The van der Waals surface area contributed by atoms with E-state index < -0.39 is 11.7 Å². The highest BCUT2D eigenvalue weighted by Gasteiger charge is 2.30. The third-order valence-electron chi connectivity index (χ3n) is 4.97. The zero-order chi connectivity index (χ0) is 22.6. The number of nitrogens with zero attached hydrogens (tertiary/aromatic N) is 5. The summed E-state index contributed by atoms with van der Waals surface area (Å²) in [6, 6.07) is 6.58. The van der Waals surface area contributed by atoms with Crippen molar-refractivity contribution in [1.29, 1.82) is 0 Å². The molecule has 11 heteroatoms. The van der Waals surface area contributed by atoms with Gasteiger partial charge in [0.2, 0.25) is 11.7 Å². The summed E-state index contributed by atoms with van der Waals surface area (Å²) >= 11 is 1.27. The van der Waals surface area contributed by atoms with Crippen molar-refractivity contribution in [2.24, 2.45) is 0 Å². The molecule has 1 aromatic carbocycles. The molecule has 0 amide bonds. The van der Waals surface area contributed by atoms with Crippen LogP contribution in [0.2, 0.25) is 0 Å². The highest BCUT2D eigenvalue weighted by Crippen LogP contribution is 2.32. The number of alkyl halides is 3. The van der Waals surface area contributed by atoms with Gasteiger partial charge in [-0.2, -0.15) is 18.2 Å². The van der Waals surface area contributed by atoms with Crippen molar-refractivity contribution in [3.05, 3.63) is 69.7 Å². The quantitative estimate of drug-likeness (QED) is 0.389. The highest BCUT2D eigenvalue weighted by molar-refractivity contribution is 7.25. The van der Waals surface area contributed by atoms with E-state index in [1.165, 1.54) is 34.4 Å². The predicted molar refractivity (Wildman–Crippen MR) is 112 cm³/mol. The topological polar surface area (TPSA) is 86.7 Å². The van der Waals surface area contributed by atoms with E-state index in [2.05, 4.69) is 20.1 Å². The Morgan fingerprint density at radius 3 is 2.75 bits per heavy atom. The molecule has 4 heterocycles. The van der Waals surface area contributed by atoms with Gasteiger partial charge in [-0.1, -0.05) is 17.3 Å². The molecule has 0 aliphatic rings. The van der Waals surface area contributed by atoms with Gasteiger partial charge in [-0.3, -0.25) is 9.36 Å². The van der Waals surface area contributed by atoms with Gasteiger partial charge in [-0.05, 0) is 37.6 Å². The molecule has 0 saturated heterocycles. The molecule has 0 aliphatic carbocycles. The number of hydrogen-bond donors (Lipinski definition) is 0. The Bertz CT molecular complexity index is 1550. The van der Waals surface area contributed by atoms with Gasteiger partial charge < -0.3 is 4.52 Å². The largest absolute Gasteiger partial charge is 0.416 e. The number of halogens is 3. The summed E-state index contributed by atoms with van der Waals surface area (Å²) in [4.78, 5) is 26.8. The molecule has 0 radical (unpaired) electrons. The van der Waals surface area contributed by atoms with E-state index in [0.29, 0.717) is 10.2 Å². The molecule has 5 rings (SSSR count). The van der Waals surface area contributed by atoms with E-state index >= 15 is 0 Å². The molecule has 4 aromatic heterocycles. The Morgan fingerprint density at radius 1 is 1.16 bits per heavy atom. The van der Waals surface area contributed by atoms with Gasteiger partial charge in [-0.25, -0.2) is 9.97 Å². The summed E-state index contributed by atoms with van der Waals surface area (Å²) in [6.07, 6.45) is -3.09. The maximum Gasteiger partial charge on any atom is 0.416 e. The third kappa shape index (κ3) is 3.44. The maximum absolute atomic E-state index is 13.0. The van der Waals surface area contributed by atoms with Gasteiger partial charge in [-0.15, -0.1) is 11.3 Å². The molecule has 0 N–H and O–H groups in total.